The van der Waals surface area contributed by atoms with Gasteiger partial charge in [-0.1, -0.05) is 19.8 Å². The molecule has 0 aromatic rings. The minimum absolute atomic E-state index is 0.327. The molecule has 0 spiro atoms. The Morgan fingerprint density at radius 1 is 1.16 bits per heavy atom. The van der Waals surface area contributed by atoms with Crippen LogP contribution in [0.1, 0.15) is 53.4 Å². The Hall–Kier alpha value is -1.03. The maximum atomic E-state index is 11.2. The lowest BCUT2D eigenvalue weighted by Crippen LogP contribution is -2.58. The second kappa shape index (κ2) is 8.97. The molecular weight excluding hydrogens is 242 g/mol. The summed E-state index contributed by atoms with van der Waals surface area (Å²) in [7, 11) is 0. The zero-order chi connectivity index (χ0) is 14.9. The van der Waals surface area contributed by atoms with E-state index >= 15 is 0 Å². The first kappa shape index (κ1) is 18.0. The highest BCUT2D eigenvalue weighted by Crippen LogP contribution is 2.17. The number of nitrogens with zero attached hydrogens (tertiary/aromatic N) is 1. The van der Waals surface area contributed by atoms with E-state index in [1.54, 1.807) is 6.92 Å². The van der Waals surface area contributed by atoms with Crippen molar-refractivity contribution in [2.24, 2.45) is 0 Å². The van der Waals surface area contributed by atoms with Crippen LogP contribution >= 0.6 is 0 Å². The molecule has 0 bridgehead atoms. The zero-order valence-electron chi connectivity index (χ0n) is 12.9. The first-order chi connectivity index (χ1) is 8.93. The van der Waals surface area contributed by atoms with Gasteiger partial charge in [0.2, 0.25) is 0 Å². The van der Waals surface area contributed by atoms with E-state index in [1.165, 1.54) is 0 Å². The highest BCUT2D eigenvalue weighted by molar-refractivity contribution is 5.71. The number of likely N-dealkylation sites (N-methyl/N-ethyl adjacent to an activating group) is 1. The van der Waals surface area contributed by atoms with Crippen LogP contribution < -0.4 is 0 Å². The molecule has 1 atom stereocenters. The summed E-state index contributed by atoms with van der Waals surface area (Å²) >= 11 is 0. The van der Waals surface area contributed by atoms with Crippen LogP contribution in [0, 0.1) is 0 Å². The molecule has 0 aromatic carbocycles. The Balaban J connectivity index is 4.69. The third kappa shape index (κ3) is 5.64. The van der Waals surface area contributed by atoms with E-state index in [1.807, 2.05) is 19.9 Å². The summed E-state index contributed by atoms with van der Waals surface area (Å²) in [6, 6.07) is -0.499. The summed E-state index contributed by atoms with van der Waals surface area (Å²) in [5.41, 5.74) is 0. The maximum absolute atomic E-state index is 11.2. The van der Waals surface area contributed by atoms with Gasteiger partial charge in [0, 0.05) is 0 Å². The fourth-order valence-corrected chi connectivity index (χ4v) is 2.42. The van der Waals surface area contributed by atoms with E-state index < -0.39 is 12.0 Å². The predicted molar refractivity (Wildman–Crippen MR) is 78.2 cm³/mol. The third-order valence-electron chi connectivity index (χ3n) is 4.10. The number of allylic oxidation sites excluding steroid dienone is 1. The number of aliphatic hydroxyl groups excluding tert-OH is 1. The van der Waals surface area contributed by atoms with Crippen molar-refractivity contribution in [3.63, 3.8) is 0 Å². The normalized spacial score (nSPS) is 14.4. The molecular formula is C15H30NO3+. The molecule has 0 aliphatic heterocycles. The van der Waals surface area contributed by atoms with Crippen molar-refractivity contribution in [2.75, 3.05) is 19.6 Å². The van der Waals surface area contributed by atoms with Gasteiger partial charge in [-0.25, -0.2) is 4.79 Å². The first-order valence-electron chi connectivity index (χ1n) is 7.40. The molecule has 19 heavy (non-hydrogen) atoms. The van der Waals surface area contributed by atoms with Crippen LogP contribution in [0.2, 0.25) is 0 Å². The van der Waals surface area contributed by atoms with Gasteiger partial charge in [0.15, 0.2) is 6.04 Å². The van der Waals surface area contributed by atoms with Gasteiger partial charge in [-0.2, -0.15) is 0 Å². The molecule has 4 nitrogen and oxygen atoms in total. The van der Waals surface area contributed by atoms with Crippen molar-refractivity contribution in [2.45, 2.75) is 59.4 Å². The Bertz CT molecular complexity index is 296. The topological polar surface area (TPSA) is 57.5 Å². The summed E-state index contributed by atoms with van der Waals surface area (Å²) in [6.07, 6.45) is 6.12. The van der Waals surface area contributed by atoms with E-state index in [-0.39, 0.29) is 0 Å². The van der Waals surface area contributed by atoms with Gasteiger partial charge < -0.3 is 14.7 Å². The van der Waals surface area contributed by atoms with Crippen LogP contribution in [0.3, 0.4) is 0 Å². The predicted octanol–water partition coefficient (Wildman–Crippen LogP) is 3.34. The van der Waals surface area contributed by atoms with Gasteiger partial charge in [-0.05, 0) is 39.7 Å². The Morgan fingerprint density at radius 2 is 1.74 bits per heavy atom. The lowest BCUT2D eigenvalue weighted by molar-refractivity contribution is -0.935. The second-order valence-corrected chi connectivity index (χ2v) is 5.21. The molecule has 0 heterocycles. The fraction of sp³-hybridized carbons (Fsp3) is 0.800. The average molecular weight is 272 g/mol. The number of quaternary nitrogens is 1. The van der Waals surface area contributed by atoms with Crippen LogP contribution in [0.5, 0.6) is 0 Å². The molecule has 4 heteroatoms. The lowest BCUT2D eigenvalue weighted by atomic mass is 10.1. The summed E-state index contributed by atoms with van der Waals surface area (Å²) < 4.78 is 0.394. The minimum atomic E-state index is -0.803. The molecule has 0 aliphatic rings. The molecule has 0 rings (SSSR count). The quantitative estimate of drug-likeness (QED) is 0.364. The Labute approximate surface area is 117 Å². The van der Waals surface area contributed by atoms with E-state index in [0.717, 1.165) is 25.7 Å². The molecule has 0 aromatic heterocycles. The number of hydrogen-bond acceptors (Lipinski definition) is 2. The summed E-state index contributed by atoms with van der Waals surface area (Å²) in [4.78, 5) is 11.2. The molecule has 0 aliphatic carbocycles. The van der Waals surface area contributed by atoms with Gasteiger partial charge in [-0.3, -0.25) is 0 Å². The summed E-state index contributed by atoms with van der Waals surface area (Å²) in [6.45, 7) is 9.65. The average Bonchev–Trinajstić information content (AvgIpc) is 2.40. The van der Waals surface area contributed by atoms with E-state index in [2.05, 4.69) is 6.92 Å². The highest BCUT2D eigenvalue weighted by atomic mass is 16.4. The monoisotopic (exact) mass is 272 g/mol. The molecule has 1 unspecified atom stereocenters. The molecule has 0 fully saturated rings. The highest BCUT2D eigenvalue weighted by Gasteiger charge is 2.36. The fourth-order valence-electron chi connectivity index (χ4n) is 2.42. The van der Waals surface area contributed by atoms with E-state index in [9.17, 15) is 15.0 Å². The number of carboxylic acids is 1. The molecule has 0 radical (unpaired) electrons. The van der Waals surface area contributed by atoms with Gasteiger partial charge in [0.05, 0.1) is 13.1 Å². The standard InChI is InChI=1S/C15H29NO3/c1-5-8-9-10-11-14(17)12-16(6-2,7-3)13(4)15(18)19/h11,13H,5-10,12H2,1-4H3,(H-,17,18,19)/p+1/b14-11-. The number of aliphatic carboxylic acids is 1. The molecule has 0 amide bonds. The van der Waals surface area contributed by atoms with Gasteiger partial charge >= 0.3 is 5.97 Å². The first-order valence-corrected chi connectivity index (χ1v) is 7.40. The molecule has 0 saturated carbocycles. The Morgan fingerprint density at radius 3 is 2.16 bits per heavy atom. The third-order valence-corrected chi connectivity index (χ3v) is 4.10. The molecule has 2 N–H and O–H groups in total. The van der Waals surface area contributed by atoms with Crippen molar-refractivity contribution < 1.29 is 19.5 Å². The minimum Gasteiger partial charge on any atom is -0.507 e. The molecule has 112 valence electrons. The van der Waals surface area contributed by atoms with Crippen LogP contribution in [-0.4, -0.2) is 46.3 Å². The molecule has 0 saturated heterocycles. The number of hydrogen-bond donors (Lipinski definition) is 2. The van der Waals surface area contributed by atoms with Crippen molar-refractivity contribution in [3.8, 4) is 0 Å². The van der Waals surface area contributed by atoms with Crippen LogP contribution in [0.4, 0.5) is 0 Å². The Kier molecular flexibility index (Phi) is 8.48. The van der Waals surface area contributed by atoms with Crippen LogP contribution in [0.25, 0.3) is 0 Å². The van der Waals surface area contributed by atoms with Crippen molar-refractivity contribution in [3.05, 3.63) is 11.8 Å². The largest absolute Gasteiger partial charge is 0.507 e. The van der Waals surface area contributed by atoms with Gasteiger partial charge in [0.1, 0.15) is 12.3 Å². The zero-order valence-corrected chi connectivity index (χ0v) is 12.9. The van der Waals surface area contributed by atoms with Crippen molar-refractivity contribution >= 4 is 5.97 Å². The van der Waals surface area contributed by atoms with E-state index in [4.69, 9.17) is 0 Å². The SMILES string of the molecule is CCCCC/C=C(\O)C[N+](CC)(CC)C(C)C(=O)O. The summed E-state index contributed by atoms with van der Waals surface area (Å²) in [5.74, 6) is -0.476. The van der Waals surface area contributed by atoms with Crippen molar-refractivity contribution in [1.29, 1.82) is 0 Å². The lowest BCUT2D eigenvalue weighted by Gasteiger charge is -2.39. The number of aliphatic hydroxyl groups is 1. The van der Waals surface area contributed by atoms with Crippen molar-refractivity contribution in [1.82, 2.24) is 0 Å². The number of unbranched alkanes of at least 4 members (excludes halogenated alkanes) is 3. The van der Waals surface area contributed by atoms with Gasteiger partial charge in [0.25, 0.3) is 0 Å². The number of carboxylic acid groups (broad SMARTS) is 1. The smallest absolute Gasteiger partial charge is 0.362 e. The van der Waals surface area contributed by atoms with Gasteiger partial charge in [-0.15, -0.1) is 0 Å². The number of carbonyl (C=O) groups is 1. The number of rotatable bonds is 10. The van der Waals surface area contributed by atoms with Crippen LogP contribution in [0.15, 0.2) is 11.8 Å². The van der Waals surface area contributed by atoms with Crippen LogP contribution in [-0.2, 0) is 4.79 Å². The second-order valence-electron chi connectivity index (χ2n) is 5.21. The summed E-state index contributed by atoms with van der Waals surface area (Å²) in [5, 5.41) is 19.3. The van der Waals surface area contributed by atoms with E-state index in [0.29, 0.717) is 29.9 Å². The maximum Gasteiger partial charge on any atom is 0.362 e.